The van der Waals surface area contributed by atoms with Crippen molar-refractivity contribution < 1.29 is 18.8 Å². The van der Waals surface area contributed by atoms with Crippen LogP contribution in [0.25, 0.3) is 0 Å². The molecule has 0 radical (unpaired) electrons. The maximum Gasteiger partial charge on any atom is 0.322 e. The van der Waals surface area contributed by atoms with Gasteiger partial charge in [0.15, 0.2) is 0 Å². The van der Waals surface area contributed by atoms with Gasteiger partial charge >= 0.3 is 5.97 Å². The quantitative estimate of drug-likeness (QED) is 0.195. The first-order chi connectivity index (χ1) is 17.0. The number of amides is 1. The third-order valence-electron chi connectivity index (χ3n) is 5.95. The Balaban J connectivity index is 1.70. The highest BCUT2D eigenvalue weighted by Crippen LogP contribution is 2.15. The van der Waals surface area contributed by atoms with Crippen molar-refractivity contribution >= 4 is 11.9 Å². The lowest BCUT2D eigenvalue weighted by atomic mass is 10.1. The van der Waals surface area contributed by atoms with Gasteiger partial charge in [0.2, 0.25) is 0 Å². The minimum atomic E-state index is -0.468. The fourth-order valence-corrected chi connectivity index (χ4v) is 4.00. The Bertz CT molecular complexity index is 886. The number of halogens is 1. The fourth-order valence-electron chi connectivity index (χ4n) is 4.00. The van der Waals surface area contributed by atoms with Gasteiger partial charge in [0.05, 0.1) is 13.1 Å². The molecule has 1 N–H and O–H groups in total. The molecule has 192 valence electrons. The number of nitrogens with zero attached hydrogens (tertiary/aromatic N) is 1. The molecule has 0 unspecified atom stereocenters. The molecule has 0 spiro atoms. The van der Waals surface area contributed by atoms with Gasteiger partial charge in [0.1, 0.15) is 5.82 Å². The first-order valence-electron chi connectivity index (χ1n) is 13.0. The molecule has 0 saturated carbocycles. The number of hydrogen-bond acceptors (Lipinski definition) is 4. The van der Waals surface area contributed by atoms with Gasteiger partial charge in [0, 0.05) is 24.6 Å². The van der Waals surface area contributed by atoms with E-state index >= 15 is 0 Å². The molecule has 2 aromatic carbocycles. The number of carbonyl (C=O) groups is 2. The first kappa shape index (κ1) is 28.5. The summed E-state index contributed by atoms with van der Waals surface area (Å²) < 4.78 is 14.0. The maximum absolute atomic E-state index is 14.0. The molecule has 0 bridgehead atoms. The summed E-state index contributed by atoms with van der Waals surface area (Å²) in [7, 11) is 0. The summed E-state index contributed by atoms with van der Waals surface area (Å²) in [6.07, 6.45) is 12.7. The summed E-state index contributed by atoms with van der Waals surface area (Å²) in [5.41, 5.74) is 1.89. The lowest BCUT2D eigenvalue weighted by molar-refractivity contribution is -0.194. The Morgan fingerprint density at radius 3 is 2.03 bits per heavy atom. The normalized spacial score (nSPS) is 11.0. The molecule has 0 aliphatic carbocycles. The van der Waals surface area contributed by atoms with Crippen LogP contribution in [-0.2, 0) is 22.7 Å². The lowest BCUT2D eigenvalue weighted by Gasteiger charge is -2.21. The van der Waals surface area contributed by atoms with E-state index in [1.807, 2.05) is 12.1 Å². The third kappa shape index (κ3) is 12.0. The minimum absolute atomic E-state index is 0.0873. The van der Waals surface area contributed by atoms with Crippen LogP contribution in [0.3, 0.4) is 0 Å². The Kier molecular flexibility index (Phi) is 13.7. The van der Waals surface area contributed by atoms with Crippen molar-refractivity contribution in [3.63, 3.8) is 0 Å². The molecular formula is C29H41FN2O3. The van der Waals surface area contributed by atoms with Gasteiger partial charge in [-0.15, -0.1) is 5.06 Å². The van der Waals surface area contributed by atoms with Gasteiger partial charge in [-0.25, -0.2) is 4.39 Å². The van der Waals surface area contributed by atoms with Crippen LogP contribution in [-0.4, -0.2) is 23.5 Å². The zero-order valence-electron chi connectivity index (χ0n) is 21.4. The van der Waals surface area contributed by atoms with E-state index < -0.39 is 5.97 Å². The number of hydrogen-bond donors (Lipinski definition) is 1. The van der Waals surface area contributed by atoms with Crippen LogP contribution in [0.15, 0.2) is 48.5 Å². The van der Waals surface area contributed by atoms with Crippen LogP contribution < -0.4 is 5.32 Å². The molecule has 35 heavy (non-hydrogen) atoms. The van der Waals surface area contributed by atoms with Gasteiger partial charge in [-0.3, -0.25) is 9.59 Å². The first-order valence-corrected chi connectivity index (χ1v) is 13.0. The third-order valence-corrected chi connectivity index (χ3v) is 5.95. The van der Waals surface area contributed by atoms with Crippen LogP contribution in [0, 0.1) is 5.82 Å². The van der Waals surface area contributed by atoms with E-state index in [1.165, 1.54) is 69.4 Å². The molecule has 1 amide bonds. The smallest absolute Gasteiger partial charge is 0.322 e. The number of hydroxylamine groups is 2. The fraction of sp³-hybridized carbons (Fsp3) is 0.517. The van der Waals surface area contributed by atoms with Gasteiger partial charge in [-0.1, -0.05) is 95.0 Å². The van der Waals surface area contributed by atoms with E-state index in [0.29, 0.717) is 17.7 Å². The average molecular weight is 485 g/mol. The standard InChI is InChI=1S/C29H41FN2O3/c1-3-4-5-6-7-8-9-10-11-14-21-31-29(34)26-19-17-25(18-20-26)22-32(35-24(2)33)23-27-15-12-13-16-28(27)30/h12-13,15-20H,3-11,14,21-23H2,1-2H3,(H,31,34). The second-order valence-electron chi connectivity index (χ2n) is 9.11. The van der Waals surface area contributed by atoms with Crippen molar-refractivity contribution in [2.24, 2.45) is 0 Å². The van der Waals surface area contributed by atoms with Crippen LogP contribution in [0.5, 0.6) is 0 Å². The summed E-state index contributed by atoms with van der Waals surface area (Å²) in [6, 6.07) is 13.6. The molecule has 0 saturated heterocycles. The maximum atomic E-state index is 14.0. The molecule has 5 nitrogen and oxygen atoms in total. The van der Waals surface area contributed by atoms with E-state index in [2.05, 4.69) is 12.2 Å². The zero-order valence-corrected chi connectivity index (χ0v) is 21.4. The van der Waals surface area contributed by atoms with E-state index in [9.17, 15) is 14.0 Å². The van der Waals surface area contributed by atoms with Gasteiger partial charge in [-0.2, -0.15) is 0 Å². The highest BCUT2D eigenvalue weighted by atomic mass is 19.1. The lowest BCUT2D eigenvalue weighted by Crippen LogP contribution is -2.26. The molecule has 0 aliphatic rings. The van der Waals surface area contributed by atoms with Gasteiger partial charge in [-0.05, 0) is 30.2 Å². The van der Waals surface area contributed by atoms with Gasteiger partial charge in [0.25, 0.3) is 5.91 Å². The van der Waals surface area contributed by atoms with Crippen LogP contribution >= 0.6 is 0 Å². The van der Waals surface area contributed by atoms with Crippen molar-refractivity contribution in [3.8, 4) is 0 Å². The van der Waals surface area contributed by atoms with Crippen molar-refractivity contribution in [1.82, 2.24) is 10.4 Å². The zero-order chi connectivity index (χ0) is 25.3. The van der Waals surface area contributed by atoms with Gasteiger partial charge < -0.3 is 10.2 Å². The molecule has 0 aliphatic heterocycles. The number of unbranched alkanes of at least 4 members (excludes halogenated alkanes) is 9. The van der Waals surface area contributed by atoms with Crippen LogP contribution in [0.2, 0.25) is 0 Å². The highest BCUT2D eigenvalue weighted by Gasteiger charge is 2.14. The van der Waals surface area contributed by atoms with E-state index in [1.54, 1.807) is 30.3 Å². The molecule has 2 rings (SSSR count). The molecular weight excluding hydrogens is 443 g/mol. The largest absolute Gasteiger partial charge is 0.368 e. The Morgan fingerprint density at radius 2 is 1.43 bits per heavy atom. The SMILES string of the molecule is CCCCCCCCCCCCNC(=O)c1ccc(CN(Cc2ccccc2F)OC(C)=O)cc1. The summed E-state index contributed by atoms with van der Waals surface area (Å²) in [4.78, 5) is 29.2. The van der Waals surface area contributed by atoms with E-state index in [-0.39, 0.29) is 24.8 Å². The summed E-state index contributed by atoms with van der Waals surface area (Å²) in [5.74, 6) is -0.904. The number of carbonyl (C=O) groups excluding carboxylic acids is 2. The topological polar surface area (TPSA) is 58.6 Å². The van der Waals surface area contributed by atoms with Crippen molar-refractivity contribution in [2.45, 2.75) is 91.1 Å². The highest BCUT2D eigenvalue weighted by molar-refractivity contribution is 5.94. The molecule has 0 atom stereocenters. The van der Waals surface area contributed by atoms with E-state index in [4.69, 9.17) is 4.84 Å². The Labute approximate surface area is 210 Å². The summed E-state index contributed by atoms with van der Waals surface area (Å²) in [6.45, 7) is 4.66. The predicted molar refractivity (Wildman–Crippen MR) is 138 cm³/mol. The molecule has 2 aromatic rings. The van der Waals surface area contributed by atoms with Crippen LogP contribution in [0.1, 0.15) is 99.5 Å². The molecule has 6 heteroatoms. The molecule has 0 fully saturated rings. The van der Waals surface area contributed by atoms with E-state index in [0.717, 1.165) is 18.4 Å². The summed E-state index contributed by atoms with van der Waals surface area (Å²) in [5, 5.41) is 4.41. The second-order valence-corrected chi connectivity index (χ2v) is 9.11. The van der Waals surface area contributed by atoms with Crippen molar-refractivity contribution in [1.29, 1.82) is 0 Å². The number of benzene rings is 2. The van der Waals surface area contributed by atoms with Crippen molar-refractivity contribution in [3.05, 3.63) is 71.0 Å². The number of rotatable bonds is 17. The van der Waals surface area contributed by atoms with Crippen LogP contribution in [0.4, 0.5) is 4.39 Å². The number of nitrogens with one attached hydrogen (secondary N) is 1. The Hall–Kier alpha value is -2.73. The average Bonchev–Trinajstić information content (AvgIpc) is 2.84. The molecule has 0 aromatic heterocycles. The predicted octanol–water partition coefficient (Wildman–Crippen LogP) is 6.96. The molecule has 0 heterocycles. The minimum Gasteiger partial charge on any atom is -0.368 e. The van der Waals surface area contributed by atoms with Crippen molar-refractivity contribution in [2.75, 3.05) is 6.54 Å². The monoisotopic (exact) mass is 484 g/mol. The Morgan fingerprint density at radius 1 is 0.829 bits per heavy atom. The second kappa shape index (κ2) is 16.8. The summed E-state index contributed by atoms with van der Waals surface area (Å²) >= 11 is 0.